The Labute approximate surface area is 106 Å². The third-order valence-electron chi connectivity index (χ3n) is 2.61. The molecule has 0 unspecified atom stereocenters. The number of aromatic amines is 1. The SMILES string of the molecule is Nc1c(Cn2ccc(=O)[nH]c2=O)cccc1[N+](=O)[O-]. The van der Waals surface area contributed by atoms with E-state index in [1.807, 2.05) is 0 Å². The molecule has 0 aliphatic rings. The average Bonchev–Trinajstić information content (AvgIpc) is 2.34. The monoisotopic (exact) mass is 262 g/mol. The molecule has 2 aromatic rings. The zero-order valence-electron chi connectivity index (χ0n) is 9.70. The third-order valence-corrected chi connectivity index (χ3v) is 2.61. The number of para-hydroxylation sites is 1. The van der Waals surface area contributed by atoms with Crippen molar-refractivity contribution in [3.63, 3.8) is 0 Å². The Kier molecular flexibility index (Phi) is 3.15. The van der Waals surface area contributed by atoms with Crippen LogP contribution in [0.5, 0.6) is 0 Å². The van der Waals surface area contributed by atoms with Crippen LogP contribution >= 0.6 is 0 Å². The van der Waals surface area contributed by atoms with Crippen LogP contribution in [-0.2, 0) is 6.54 Å². The lowest BCUT2D eigenvalue weighted by Gasteiger charge is -2.07. The van der Waals surface area contributed by atoms with Crippen molar-refractivity contribution < 1.29 is 4.92 Å². The average molecular weight is 262 g/mol. The minimum Gasteiger partial charge on any atom is -0.393 e. The lowest BCUT2D eigenvalue weighted by atomic mass is 10.1. The van der Waals surface area contributed by atoms with E-state index in [9.17, 15) is 19.7 Å². The number of nitrogens with one attached hydrogen (secondary N) is 1. The Morgan fingerprint density at radius 1 is 1.32 bits per heavy atom. The van der Waals surface area contributed by atoms with E-state index in [1.54, 1.807) is 6.07 Å². The van der Waals surface area contributed by atoms with Gasteiger partial charge in [0, 0.05) is 23.9 Å². The standard InChI is InChI=1S/C11H10N4O4/c12-10-7(2-1-3-8(10)15(18)19)6-14-5-4-9(16)13-11(14)17/h1-5H,6,12H2,(H,13,16,17). The number of H-pyrrole nitrogens is 1. The topological polar surface area (TPSA) is 124 Å². The second-order valence-electron chi connectivity index (χ2n) is 3.85. The molecule has 19 heavy (non-hydrogen) atoms. The maximum Gasteiger partial charge on any atom is 0.328 e. The van der Waals surface area contributed by atoms with Crippen LogP contribution in [-0.4, -0.2) is 14.5 Å². The summed E-state index contributed by atoms with van der Waals surface area (Å²) in [5.74, 6) is 0. The van der Waals surface area contributed by atoms with E-state index < -0.39 is 16.2 Å². The number of nitrogen functional groups attached to an aromatic ring is 1. The molecule has 3 N–H and O–H groups in total. The molecular formula is C11H10N4O4. The van der Waals surface area contributed by atoms with E-state index in [0.717, 1.165) is 0 Å². The molecule has 8 heteroatoms. The van der Waals surface area contributed by atoms with Crippen LogP contribution in [0.3, 0.4) is 0 Å². The van der Waals surface area contributed by atoms with Crippen molar-refractivity contribution in [3.8, 4) is 0 Å². The number of hydrogen-bond acceptors (Lipinski definition) is 5. The van der Waals surface area contributed by atoms with E-state index in [1.165, 1.54) is 29.0 Å². The molecule has 1 aromatic carbocycles. The number of hydrogen-bond donors (Lipinski definition) is 2. The molecule has 0 radical (unpaired) electrons. The zero-order valence-corrected chi connectivity index (χ0v) is 9.70. The van der Waals surface area contributed by atoms with Crippen LogP contribution in [0.2, 0.25) is 0 Å². The lowest BCUT2D eigenvalue weighted by Crippen LogP contribution is -2.29. The van der Waals surface area contributed by atoms with Crippen LogP contribution < -0.4 is 17.0 Å². The Morgan fingerprint density at radius 3 is 2.68 bits per heavy atom. The summed E-state index contributed by atoms with van der Waals surface area (Å²) in [4.78, 5) is 34.7. The first-order valence-corrected chi connectivity index (χ1v) is 5.30. The van der Waals surface area contributed by atoms with E-state index >= 15 is 0 Å². The van der Waals surface area contributed by atoms with Crippen LogP contribution in [0.1, 0.15) is 5.56 Å². The molecule has 1 heterocycles. The maximum atomic E-state index is 11.5. The van der Waals surface area contributed by atoms with Gasteiger partial charge >= 0.3 is 5.69 Å². The summed E-state index contributed by atoms with van der Waals surface area (Å²) in [5, 5.41) is 10.7. The molecule has 0 saturated heterocycles. The van der Waals surface area contributed by atoms with Gasteiger partial charge in [0.25, 0.3) is 11.2 Å². The van der Waals surface area contributed by atoms with Crippen LogP contribution in [0, 0.1) is 10.1 Å². The van der Waals surface area contributed by atoms with Gasteiger partial charge in [-0.1, -0.05) is 12.1 Å². The lowest BCUT2D eigenvalue weighted by molar-refractivity contribution is -0.383. The minimum absolute atomic E-state index is 0.00519. The molecule has 0 aliphatic carbocycles. The molecule has 0 saturated carbocycles. The number of nitro groups is 1. The Bertz CT molecular complexity index is 747. The Balaban J connectivity index is 2.44. The highest BCUT2D eigenvalue weighted by Gasteiger charge is 2.14. The molecule has 2 rings (SSSR count). The summed E-state index contributed by atoms with van der Waals surface area (Å²) in [6.45, 7) is 0.0448. The molecular weight excluding hydrogens is 252 g/mol. The zero-order chi connectivity index (χ0) is 14.0. The first-order valence-electron chi connectivity index (χ1n) is 5.30. The Hall–Kier alpha value is -2.90. The van der Waals surface area contributed by atoms with Crippen molar-refractivity contribution >= 4 is 11.4 Å². The molecule has 0 spiro atoms. The van der Waals surface area contributed by atoms with Crippen molar-refractivity contribution in [1.29, 1.82) is 0 Å². The summed E-state index contributed by atoms with van der Waals surface area (Å²) in [6.07, 6.45) is 1.30. The number of aromatic nitrogens is 2. The van der Waals surface area contributed by atoms with E-state index in [-0.39, 0.29) is 17.9 Å². The molecule has 0 fully saturated rings. The van der Waals surface area contributed by atoms with E-state index in [0.29, 0.717) is 5.56 Å². The summed E-state index contributed by atoms with van der Waals surface area (Å²) in [7, 11) is 0. The van der Waals surface area contributed by atoms with Crippen molar-refractivity contribution in [3.05, 3.63) is 67.0 Å². The summed E-state index contributed by atoms with van der Waals surface area (Å²) >= 11 is 0. The highest BCUT2D eigenvalue weighted by atomic mass is 16.6. The normalized spacial score (nSPS) is 10.3. The van der Waals surface area contributed by atoms with E-state index in [4.69, 9.17) is 5.73 Å². The van der Waals surface area contributed by atoms with Gasteiger partial charge in [0.1, 0.15) is 5.69 Å². The predicted molar refractivity (Wildman–Crippen MR) is 67.9 cm³/mol. The van der Waals surface area contributed by atoms with Gasteiger partial charge in [-0.2, -0.15) is 0 Å². The van der Waals surface area contributed by atoms with Gasteiger partial charge in [-0.05, 0) is 0 Å². The van der Waals surface area contributed by atoms with Crippen LogP contribution in [0.25, 0.3) is 0 Å². The molecule has 8 nitrogen and oxygen atoms in total. The van der Waals surface area contributed by atoms with Gasteiger partial charge in [-0.3, -0.25) is 24.5 Å². The number of nitrogens with zero attached hydrogens (tertiary/aromatic N) is 2. The second kappa shape index (κ2) is 4.77. The van der Waals surface area contributed by atoms with Crippen molar-refractivity contribution in [2.24, 2.45) is 0 Å². The first-order chi connectivity index (χ1) is 8.99. The predicted octanol–water partition coefficient (Wildman–Crippen LogP) is 0.0753. The van der Waals surface area contributed by atoms with Gasteiger partial charge in [-0.25, -0.2) is 4.79 Å². The number of nitro benzene ring substituents is 1. The highest BCUT2D eigenvalue weighted by Crippen LogP contribution is 2.24. The number of benzene rings is 1. The van der Waals surface area contributed by atoms with E-state index in [2.05, 4.69) is 4.98 Å². The van der Waals surface area contributed by atoms with Gasteiger partial charge in [0.05, 0.1) is 11.5 Å². The summed E-state index contributed by atoms with van der Waals surface area (Å²) in [6, 6.07) is 5.55. The fourth-order valence-corrected chi connectivity index (χ4v) is 1.65. The van der Waals surface area contributed by atoms with Gasteiger partial charge in [0.15, 0.2) is 0 Å². The Morgan fingerprint density at radius 2 is 2.05 bits per heavy atom. The largest absolute Gasteiger partial charge is 0.393 e. The summed E-state index contributed by atoms with van der Waals surface area (Å²) in [5.41, 5.74) is 4.80. The van der Waals surface area contributed by atoms with Crippen molar-refractivity contribution in [2.75, 3.05) is 5.73 Å². The van der Waals surface area contributed by atoms with Crippen molar-refractivity contribution in [2.45, 2.75) is 6.54 Å². The second-order valence-corrected chi connectivity index (χ2v) is 3.85. The molecule has 1 aromatic heterocycles. The maximum absolute atomic E-state index is 11.5. The first kappa shape index (κ1) is 12.6. The fraction of sp³-hybridized carbons (Fsp3) is 0.0909. The molecule has 0 atom stereocenters. The smallest absolute Gasteiger partial charge is 0.328 e. The highest BCUT2D eigenvalue weighted by molar-refractivity contribution is 5.62. The molecule has 0 bridgehead atoms. The van der Waals surface area contributed by atoms with Gasteiger partial charge < -0.3 is 5.73 Å². The van der Waals surface area contributed by atoms with Gasteiger partial charge in [0.2, 0.25) is 0 Å². The van der Waals surface area contributed by atoms with Crippen molar-refractivity contribution in [1.82, 2.24) is 9.55 Å². The number of rotatable bonds is 3. The quantitative estimate of drug-likeness (QED) is 0.460. The van der Waals surface area contributed by atoms with Crippen LogP contribution in [0.15, 0.2) is 40.1 Å². The van der Waals surface area contributed by atoms with Crippen LogP contribution in [0.4, 0.5) is 11.4 Å². The summed E-state index contributed by atoms with van der Waals surface area (Å²) < 4.78 is 1.21. The third kappa shape index (κ3) is 2.51. The molecule has 0 amide bonds. The molecule has 98 valence electrons. The number of anilines is 1. The molecule has 0 aliphatic heterocycles. The van der Waals surface area contributed by atoms with Gasteiger partial charge in [-0.15, -0.1) is 0 Å². The minimum atomic E-state index is -0.599. The fourth-order valence-electron chi connectivity index (χ4n) is 1.65. The number of nitrogens with two attached hydrogens (primary N) is 1.